The van der Waals surface area contributed by atoms with Crippen molar-refractivity contribution in [1.82, 2.24) is 0 Å². The van der Waals surface area contributed by atoms with Gasteiger partial charge in [-0.15, -0.1) is 22.9 Å². The molecule has 0 saturated carbocycles. The van der Waals surface area contributed by atoms with E-state index in [0.29, 0.717) is 5.56 Å². The van der Waals surface area contributed by atoms with Crippen LogP contribution in [-0.2, 0) is 6.18 Å². The third-order valence-electron chi connectivity index (χ3n) is 2.63. The fraction of sp³-hybridized carbons (Fsp3) is 0.231. The van der Waals surface area contributed by atoms with Crippen LogP contribution in [0.15, 0.2) is 34.1 Å². The van der Waals surface area contributed by atoms with Crippen molar-refractivity contribution in [1.29, 1.82) is 0 Å². The molecular formula is C13H9BrClF3S. The molecule has 0 aliphatic rings. The lowest BCUT2D eigenvalue weighted by Crippen LogP contribution is -2.05. The Kier molecular flexibility index (Phi) is 4.28. The zero-order chi connectivity index (χ0) is 14.2. The Morgan fingerprint density at radius 2 is 1.95 bits per heavy atom. The molecule has 2 rings (SSSR count). The summed E-state index contributed by atoms with van der Waals surface area (Å²) >= 11 is 11.1. The van der Waals surface area contributed by atoms with Crippen LogP contribution in [0.25, 0.3) is 0 Å². The van der Waals surface area contributed by atoms with Gasteiger partial charge in [-0.2, -0.15) is 13.2 Å². The molecule has 0 aliphatic carbocycles. The summed E-state index contributed by atoms with van der Waals surface area (Å²) in [6.45, 7) is 1.92. The van der Waals surface area contributed by atoms with Gasteiger partial charge in [0.2, 0.25) is 0 Å². The van der Waals surface area contributed by atoms with Crippen molar-refractivity contribution in [3.05, 3.63) is 55.7 Å². The molecule has 0 bridgehead atoms. The highest BCUT2D eigenvalue weighted by Crippen LogP contribution is 2.39. The molecule has 0 nitrogen and oxygen atoms in total. The Morgan fingerprint density at radius 3 is 2.47 bits per heavy atom. The van der Waals surface area contributed by atoms with Gasteiger partial charge in [0, 0.05) is 4.88 Å². The summed E-state index contributed by atoms with van der Waals surface area (Å²) in [5.41, 5.74) is 0.797. The molecule has 1 aromatic heterocycles. The van der Waals surface area contributed by atoms with Gasteiger partial charge >= 0.3 is 6.18 Å². The first kappa shape index (κ1) is 14.9. The lowest BCUT2D eigenvalue weighted by molar-refractivity contribution is -0.137. The maximum absolute atomic E-state index is 12.7. The molecule has 1 unspecified atom stereocenters. The summed E-state index contributed by atoms with van der Waals surface area (Å²) in [4.78, 5) is 0.824. The maximum Gasteiger partial charge on any atom is 0.416 e. The molecule has 0 saturated heterocycles. The summed E-state index contributed by atoms with van der Waals surface area (Å²) in [6, 6.07) is 7.01. The second-order valence-corrected chi connectivity index (χ2v) is 6.93. The fourth-order valence-electron chi connectivity index (χ4n) is 1.65. The number of thiophene rings is 1. The Morgan fingerprint density at radius 1 is 1.26 bits per heavy atom. The Labute approximate surface area is 126 Å². The van der Waals surface area contributed by atoms with Crippen molar-refractivity contribution in [3.8, 4) is 0 Å². The number of hydrogen-bond acceptors (Lipinski definition) is 1. The minimum atomic E-state index is -4.35. The third-order valence-corrected chi connectivity index (χ3v) is 5.45. The summed E-state index contributed by atoms with van der Waals surface area (Å²) < 4.78 is 38.9. The smallest absolute Gasteiger partial charge is 0.166 e. The first-order valence-electron chi connectivity index (χ1n) is 5.36. The highest BCUT2D eigenvalue weighted by atomic mass is 79.9. The Bertz CT molecular complexity index is 572. The normalized spacial score (nSPS) is 13.6. The Balaban J connectivity index is 2.36. The first-order chi connectivity index (χ1) is 8.79. The molecule has 1 heterocycles. The van der Waals surface area contributed by atoms with Crippen LogP contribution in [-0.4, -0.2) is 0 Å². The zero-order valence-electron chi connectivity index (χ0n) is 9.76. The molecule has 0 fully saturated rings. The van der Waals surface area contributed by atoms with E-state index in [-0.39, 0.29) is 0 Å². The molecule has 0 amide bonds. The fourth-order valence-corrected chi connectivity index (χ4v) is 3.56. The van der Waals surface area contributed by atoms with Gasteiger partial charge < -0.3 is 0 Å². The van der Waals surface area contributed by atoms with E-state index >= 15 is 0 Å². The summed E-state index contributed by atoms with van der Waals surface area (Å²) in [5.74, 6) is 0. The molecule has 102 valence electrons. The van der Waals surface area contributed by atoms with E-state index in [4.69, 9.17) is 11.6 Å². The number of rotatable bonds is 2. The molecule has 2 aromatic rings. The SMILES string of the molecule is Cc1cc(C(Cl)c2cccc(C(F)(F)F)c2)sc1Br. The second kappa shape index (κ2) is 5.46. The van der Waals surface area contributed by atoms with E-state index in [1.807, 2.05) is 13.0 Å². The van der Waals surface area contributed by atoms with E-state index in [1.165, 1.54) is 17.4 Å². The maximum atomic E-state index is 12.7. The predicted octanol–water partition coefficient (Wildman–Crippen LogP) is 6.17. The summed E-state index contributed by atoms with van der Waals surface area (Å²) in [5, 5.41) is -0.572. The van der Waals surface area contributed by atoms with E-state index in [2.05, 4.69) is 15.9 Å². The number of alkyl halides is 4. The van der Waals surface area contributed by atoms with Crippen LogP contribution in [0.2, 0.25) is 0 Å². The minimum absolute atomic E-state index is 0.449. The largest absolute Gasteiger partial charge is 0.416 e. The summed E-state index contributed by atoms with van der Waals surface area (Å²) in [7, 11) is 0. The number of aryl methyl sites for hydroxylation is 1. The predicted molar refractivity (Wildman–Crippen MR) is 75.9 cm³/mol. The molecule has 1 aromatic carbocycles. The number of hydrogen-bond donors (Lipinski definition) is 0. The topological polar surface area (TPSA) is 0 Å². The molecule has 1 atom stereocenters. The molecule has 0 N–H and O–H groups in total. The van der Waals surface area contributed by atoms with Gasteiger partial charge in [-0.1, -0.05) is 12.1 Å². The van der Waals surface area contributed by atoms with Gasteiger partial charge in [0.1, 0.15) is 0 Å². The van der Waals surface area contributed by atoms with Crippen molar-refractivity contribution in [2.24, 2.45) is 0 Å². The quantitative estimate of drug-likeness (QED) is 0.556. The van der Waals surface area contributed by atoms with Gasteiger partial charge in [-0.05, 0) is 52.2 Å². The van der Waals surface area contributed by atoms with Gasteiger partial charge in [0.05, 0.1) is 14.7 Å². The Hall–Kier alpha value is -0.520. The van der Waals surface area contributed by atoms with Crippen LogP contribution in [0, 0.1) is 6.92 Å². The monoisotopic (exact) mass is 368 g/mol. The highest BCUT2D eigenvalue weighted by molar-refractivity contribution is 9.11. The zero-order valence-corrected chi connectivity index (χ0v) is 12.9. The lowest BCUT2D eigenvalue weighted by atomic mass is 10.1. The molecule has 0 aliphatic heterocycles. The van der Waals surface area contributed by atoms with Crippen LogP contribution in [0.1, 0.15) is 26.9 Å². The molecule has 19 heavy (non-hydrogen) atoms. The van der Waals surface area contributed by atoms with Crippen LogP contribution in [0.3, 0.4) is 0 Å². The van der Waals surface area contributed by atoms with Gasteiger partial charge in [-0.25, -0.2) is 0 Å². The molecule has 6 heteroatoms. The standard InChI is InChI=1S/C13H9BrClF3S/c1-7-5-10(19-12(7)14)11(15)8-3-2-4-9(6-8)13(16,17)18/h2-6,11H,1H3. The van der Waals surface area contributed by atoms with Gasteiger partial charge in [0.15, 0.2) is 0 Å². The van der Waals surface area contributed by atoms with Crippen molar-refractivity contribution >= 4 is 38.9 Å². The van der Waals surface area contributed by atoms with Crippen molar-refractivity contribution in [2.45, 2.75) is 18.5 Å². The van der Waals surface area contributed by atoms with Crippen LogP contribution >= 0.6 is 38.9 Å². The van der Waals surface area contributed by atoms with Gasteiger partial charge in [-0.3, -0.25) is 0 Å². The van der Waals surface area contributed by atoms with Crippen molar-refractivity contribution in [2.75, 3.05) is 0 Å². The number of benzene rings is 1. The highest BCUT2D eigenvalue weighted by Gasteiger charge is 2.31. The average molecular weight is 370 g/mol. The van der Waals surface area contributed by atoms with E-state index in [1.54, 1.807) is 6.07 Å². The summed E-state index contributed by atoms with van der Waals surface area (Å²) in [6.07, 6.45) is -4.35. The molecule has 0 radical (unpaired) electrons. The minimum Gasteiger partial charge on any atom is -0.166 e. The molecular weight excluding hydrogens is 361 g/mol. The van der Waals surface area contributed by atoms with Crippen LogP contribution < -0.4 is 0 Å². The van der Waals surface area contributed by atoms with Crippen LogP contribution in [0.5, 0.6) is 0 Å². The van der Waals surface area contributed by atoms with E-state index < -0.39 is 17.1 Å². The van der Waals surface area contributed by atoms with E-state index in [9.17, 15) is 13.2 Å². The second-order valence-electron chi connectivity index (χ2n) is 4.09. The lowest BCUT2D eigenvalue weighted by Gasteiger charge is -2.11. The van der Waals surface area contributed by atoms with Crippen LogP contribution in [0.4, 0.5) is 13.2 Å². The van der Waals surface area contributed by atoms with E-state index in [0.717, 1.165) is 26.4 Å². The number of halogens is 5. The third kappa shape index (κ3) is 3.33. The first-order valence-corrected chi connectivity index (χ1v) is 7.40. The van der Waals surface area contributed by atoms with Gasteiger partial charge in [0.25, 0.3) is 0 Å². The average Bonchev–Trinajstić information content (AvgIpc) is 2.68. The molecule has 0 spiro atoms. The van der Waals surface area contributed by atoms with Crippen molar-refractivity contribution < 1.29 is 13.2 Å². The van der Waals surface area contributed by atoms with Crippen molar-refractivity contribution in [3.63, 3.8) is 0 Å².